The molecule has 3 aromatic rings. The van der Waals surface area contributed by atoms with E-state index in [1.54, 1.807) is 13.2 Å². The van der Waals surface area contributed by atoms with E-state index in [4.69, 9.17) is 14.9 Å². The summed E-state index contributed by atoms with van der Waals surface area (Å²) >= 11 is 1.24. The molecule has 3 heterocycles. The van der Waals surface area contributed by atoms with Gasteiger partial charge < -0.3 is 14.0 Å². The minimum atomic E-state index is -0.454. The van der Waals surface area contributed by atoms with Crippen molar-refractivity contribution in [1.82, 2.24) is 9.58 Å². The maximum atomic E-state index is 12.9. The zero-order valence-corrected chi connectivity index (χ0v) is 21.2. The summed E-state index contributed by atoms with van der Waals surface area (Å²) < 4.78 is 13.2. The summed E-state index contributed by atoms with van der Waals surface area (Å²) in [6, 6.07) is 17.5. The molecule has 0 saturated carbocycles. The lowest BCUT2D eigenvalue weighted by Gasteiger charge is -2.20. The average molecular weight is 500 g/mol. The van der Waals surface area contributed by atoms with Gasteiger partial charge in [-0.1, -0.05) is 18.2 Å². The highest BCUT2D eigenvalue weighted by Crippen LogP contribution is 2.30. The van der Waals surface area contributed by atoms with E-state index in [9.17, 15) is 4.79 Å². The van der Waals surface area contributed by atoms with E-state index >= 15 is 0 Å². The predicted octanol–water partition coefficient (Wildman–Crippen LogP) is 5.11. The third kappa shape index (κ3) is 4.33. The zero-order chi connectivity index (χ0) is 25.4. The van der Waals surface area contributed by atoms with Gasteiger partial charge in [0.1, 0.15) is 23.1 Å². The molecule has 2 aromatic carbocycles. The quantitative estimate of drug-likeness (QED) is 0.476. The molecule has 0 fully saturated rings. The summed E-state index contributed by atoms with van der Waals surface area (Å²) in [6.45, 7) is 6.20. The van der Waals surface area contributed by atoms with Gasteiger partial charge >= 0.3 is 0 Å². The lowest BCUT2D eigenvalue weighted by molar-refractivity contribution is -0.114. The Balaban J connectivity index is 1.39. The van der Waals surface area contributed by atoms with Crippen molar-refractivity contribution in [3.05, 3.63) is 82.7 Å². The van der Waals surface area contributed by atoms with Crippen LogP contribution in [0.1, 0.15) is 22.5 Å². The fourth-order valence-corrected chi connectivity index (χ4v) is 4.96. The van der Waals surface area contributed by atoms with E-state index in [0.717, 1.165) is 39.7 Å². The number of carbonyl (C=O) groups excluding carboxylic acids is 1. The number of carbonyl (C=O) groups is 1. The van der Waals surface area contributed by atoms with Crippen LogP contribution in [0, 0.1) is 26.2 Å². The van der Waals surface area contributed by atoms with Crippen molar-refractivity contribution in [3.63, 3.8) is 0 Å². The average Bonchev–Trinajstić information content (AvgIpc) is 3.40. The number of hydrogen-bond acceptors (Lipinski definition) is 6. The van der Waals surface area contributed by atoms with Gasteiger partial charge in [0.15, 0.2) is 5.84 Å². The summed E-state index contributed by atoms with van der Waals surface area (Å²) in [6.07, 6.45) is 1.72. The second-order valence-corrected chi connectivity index (χ2v) is 9.47. The van der Waals surface area contributed by atoms with Gasteiger partial charge in [0.25, 0.3) is 5.91 Å². The first-order valence-corrected chi connectivity index (χ1v) is 12.2. The summed E-state index contributed by atoms with van der Waals surface area (Å²) in [4.78, 5) is 17.1. The molecular weight excluding hydrogens is 474 g/mol. The van der Waals surface area contributed by atoms with Gasteiger partial charge in [-0.3, -0.25) is 10.2 Å². The van der Waals surface area contributed by atoms with E-state index in [1.165, 1.54) is 16.8 Å². The molecule has 36 heavy (non-hydrogen) atoms. The van der Waals surface area contributed by atoms with Gasteiger partial charge in [-0.15, -0.1) is 0 Å². The number of aliphatic imine (C=N–C) groups is 1. The summed E-state index contributed by atoms with van der Waals surface area (Å²) in [5.41, 5.74) is 5.00. The van der Waals surface area contributed by atoms with Gasteiger partial charge in [-0.05, 0) is 86.1 Å². The molecule has 2 aliphatic rings. The number of para-hydroxylation sites is 1. The first-order valence-electron chi connectivity index (χ1n) is 11.4. The van der Waals surface area contributed by atoms with E-state index in [2.05, 4.69) is 14.7 Å². The molecule has 0 atom stereocenters. The molecule has 1 amide bonds. The Bertz CT molecular complexity index is 1470. The lowest BCUT2D eigenvalue weighted by Crippen LogP contribution is -2.35. The van der Waals surface area contributed by atoms with Gasteiger partial charge in [-0.25, -0.2) is 0 Å². The number of aromatic nitrogens is 1. The van der Waals surface area contributed by atoms with E-state index in [0.29, 0.717) is 10.2 Å². The molecule has 0 radical (unpaired) electrons. The number of fused-ring (bicyclic) bond motifs is 1. The highest BCUT2D eigenvalue weighted by atomic mass is 32.2. The van der Waals surface area contributed by atoms with Crippen molar-refractivity contribution in [2.24, 2.45) is 10.1 Å². The Morgan fingerprint density at radius 2 is 1.83 bits per heavy atom. The Labute approximate surface area is 213 Å². The summed E-state index contributed by atoms with van der Waals surface area (Å²) in [5, 5.41) is 15.6. The fourth-order valence-electron chi connectivity index (χ4n) is 4.17. The zero-order valence-electron chi connectivity index (χ0n) is 20.4. The molecule has 1 N–H and O–H groups in total. The number of rotatable bonds is 6. The van der Waals surface area contributed by atoms with Crippen LogP contribution in [0.3, 0.4) is 0 Å². The van der Waals surface area contributed by atoms with Gasteiger partial charge in [0, 0.05) is 17.1 Å². The number of thioether (sulfide) groups is 1. The van der Waals surface area contributed by atoms with Gasteiger partial charge in [0.2, 0.25) is 5.17 Å². The topological polar surface area (TPSA) is 92.3 Å². The van der Waals surface area contributed by atoms with Crippen LogP contribution in [0.15, 0.2) is 70.3 Å². The largest absolute Gasteiger partial charge is 0.497 e. The van der Waals surface area contributed by atoms with Crippen LogP contribution >= 0.6 is 11.8 Å². The number of benzene rings is 2. The van der Waals surface area contributed by atoms with Crippen LogP contribution in [0.5, 0.6) is 11.5 Å². The molecule has 9 heteroatoms. The standard InChI is InChI=1S/C27H25N5O3S/c1-16-7-5-6-8-23(16)35-15-24-30-32-25(28)22(26(33)29-27(32)36-24)14-19-13-17(2)31(18(19)3)20-9-11-21(34-4)12-10-20/h5-14,28H,15H2,1-4H3. The highest BCUT2D eigenvalue weighted by molar-refractivity contribution is 8.27. The predicted molar refractivity (Wildman–Crippen MR) is 143 cm³/mol. The molecule has 0 saturated heterocycles. The number of ether oxygens (including phenoxy) is 2. The molecule has 8 nitrogen and oxygen atoms in total. The summed E-state index contributed by atoms with van der Waals surface area (Å²) in [7, 11) is 1.64. The van der Waals surface area contributed by atoms with Crippen molar-refractivity contribution < 1.29 is 14.3 Å². The van der Waals surface area contributed by atoms with E-state index < -0.39 is 5.91 Å². The van der Waals surface area contributed by atoms with Crippen LogP contribution in [-0.4, -0.2) is 45.2 Å². The van der Waals surface area contributed by atoms with Crippen molar-refractivity contribution in [2.75, 3.05) is 13.7 Å². The molecule has 1 aromatic heterocycles. The fraction of sp³-hybridized carbons (Fsp3) is 0.185. The first kappa shape index (κ1) is 23.6. The molecule has 5 rings (SSSR count). The molecule has 0 aliphatic carbocycles. The van der Waals surface area contributed by atoms with Gasteiger partial charge in [-0.2, -0.15) is 15.1 Å². The summed E-state index contributed by atoms with van der Waals surface area (Å²) in [5.74, 6) is 1.10. The number of amides is 1. The van der Waals surface area contributed by atoms with Gasteiger partial charge in [0.05, 0.1) is 12.7 Å². The highest BCUT2D eigenvalue weighted by Gasteiger charge is 2.36. The molecular formula is C27H25N5O3S. The lowest BCUT2D eigenvalue weighted by atomic mass is 10.1. The minimum Gasteiger partial charge on any atom is -0.497 e. The number of hydrogen-bond donors (Lipinski definition) is 1. The van der Waals surface area contributed by atoms with E-state index in [1.807, 2.05) is 75.4 Å². The van der Waals surface area contributed by atoms with Crippen LogP contribution in [0.4, 0.5) is 0 Å². The van der Waals surface area contributed by atoms with Crippen LogP contribution in [0.2, 0.25) is 0 Å². The second kappa shape index (κ2) is 9.50. The number of methoxy groups -OCH3 is 1. The molecule has 182 valence electrons. The van der Waals surface area contributed by atoms with Crippen molar-refractivity contribution in [2.45, 2.75) is 20.8 Å². The Hall–Kier alpha value is -4.11. The Morgan fingerprint density at radius 1 is 1.08 bits per heavy atom. The number of amidine groups is 2. The smallest absolute Gasteiger partial charge is 0.283 e. The monoisotopic (exact) mass is 499 g/mol. The molecule has 0 unspecified atom stereocenters. The normalized spacial score (nSPS) is 16.2. The van der Waals surface area contributed by atoms with Crippen molar-refractivity contribution in [1.29, 1.82) is 5.41 Å². The number of aryl methyl sites for hydroxylation is 2. The van der Waals surface area contributed by atoms with Crippen LogP contribution < -0.4 is 9.47 Å². The van der Waals surface area contributed by atoms with E-state index in [-0.39, 0.29) is 18.0 Å². The third-order valence-corrected chi connectivity index (χ3v) is 6.92. The molecule has 0 spiro atoms. The second-order valence-electron chi connectivity index (χ2n) is 8.43. The Morgan fingerprint density at radius 3 is 2.56 bits per heavy atom. The first-order chi connectivity index (χ1) is 17.4. The maximum Gasteiger partial charge on any atom is 0.283 e. The minimum absolute atomic E-state index is 0.00218. The maximum absolute atomic E-state index is 12.9. The SMILES string of the molecule is COc1ccc(-n2c(C)cc(C=C3C(=N)N4N=C(COc5ccccc5C)SC4=NC3=O)c2C)cc1. The number of nitrogens with one attached hydrogen (secondary N) is 1. The van der Waals surface area contributed by atoms with Crippen LogP contribution in [-0.2, 0) is 4.79 Å². The molecule has 2 aliphatic heterocycles. The number of hydrazone groups is 1. The third-order valence-electron chi connectivity index (χ3n) is 6.04. The number of nitrogens with zero attached hydrogens (tertiary/aromatic N) is 4. The van der Waals surface area contributed by atoms with Crippen LogP contribution in [0.25, 0.3) is 11.8 Å². The van der Waals surface area contributed by atoms with Crippen molar-refractivity contribution in [3.8, 4) is 17.2 Å². The van der Waals surface area contributed by atoms with Crippen molar-refractivity contribution >= 4 is 39.8 Å². The Kier molecular flexibility index (Phi) is 6.24. The molecule has 0 bridgehead atoms.